The Hall–Kier alpha value is -1.07. The molecule has 0 aromatic heterocycles. The Bertz CT molecular complexity index is 464. The van der Waals surface area contributed by atoms with E-state index in [-0.39, 0.29) is 18.1 Å². The van der Waals surface area contributed by atoms with Gasteiger partial charge < -0.3 is 15.4 Å². The van der Waals surface area contributed by atoms with Gasteiger partial charge in [0, 0.05) is 29.4 Å². The summed E-state index contributed by atoms with van der Waals surface area (Å²) in [5.41, 5.74) is 6.98. The van der Waals surface area contributed by atoms with Gasteiger partial charge in [-0.2, -0.15) is 0 Å². The van der Waals surface area contributed by atoms with Crippen LogP contribution in [0.15, 0.2) is 22.7 Å². The van der Waals surface area contributed by atoms with Crippen molar-refractivity contribution in [3.05, 3.63) is 28.2 Å². The Morgan fingerprint density at radius 3 is 2.83 bits per heavy atom. The number of amides is 1. The lowest BCUT2D eigenvalue weighted by Crippen LogP contribution is -2.41. The van der Waals surface area contributed by atoms with Crippen LogP contribution in [-0.4, -0.2) is 36.6 Å². The third-order valence-electron chi connectivity index (χ3n) is 3.40. The molecule has 1 aliphatic rings. The van der Waals surface area contributed by atoms with Crippen LogP contribution in [0.2, 0.25) is 0 Å². The number of ether oxygens (including phenoxy) is 1. The maximum absolute atomic E-state index is 12.3. The van der Waals surface area contributed by atoms with Gasteiger partial charge in [0.1, 0.15) is 0 Å². The summed E-state index contributed by atoms with van der Waals surface area (Å²) in [6.45, 7) is 2.71. The molecule has 1 aromatic carbocycles. The molecule has 98 valence electrons. The number of nitrogen functional groups attached to an aromatic ring is 1. The van der Waals surface area contributed by atoms with Crippen molar-refractivity contribution in [3.63, 3.8) is 0 Å². The number of carbonyl (C=O) groups excluding carboxylic acids is 1. The number of benzene rings is 1. The van der Waals surface area contributed by atoms with Crippen molar-refractivity contribution in [2.75, 3.05) is 19.4 Å². The highest BCUT2D eigenvalue weighted by atomic mass is 79.9. The van der Waals surface area contributed by atoms with Gasteiger partial charge in [-0.05, 0) is 47.5 Å². The zero-order chi connectivity index (χ0) is 13.3. The molecule has 2 atom stereocenters. The van der Waals surface area contributed by atoms with E-state index >= 15 is 0 Å². The van der Waals surface area contributed by atoms with Crippen LogP contribution in [0.3, 0.4) is 0 Å². The van der Waals surface area contributed by atoms with Gasteiger partial charge in [0.05, 0.1) is 12.1 Å². The lowest BCUT2D eigenvalue weighted by Gasteiger charge is -2.27. The van der Waals surface area contributed by atoms with Crippen LogP contribution in [0.4, 0.5) is 5.69 Å². The van der Waals surface area contributed by atoms with Crippen molar-refractivity contribution in [1.82, 2.24) is 4.90 Å². The van der Waals surface area contributed by atoms with Gasteiger partial charge in [0.25, 0.3) is 5.91 Å². The molecule has 2 unspecified atom stereocenters. The molecule has 1 aliphatic heterocycles. The highest BCUT2D eigenvalue weighted by Crippen LogP contribution is 2.23. The maximum Gasteiger partial charge on any atom is 0.254 e. The molecular formula is C13H17BrN2O2. The third kappa shape index (κ3) is 2.52. The lowest BCUT2D eigenvalue weighted by molar-refractivity contribution is 0.0574. The zero-order valence-corrected chi connectivity index (χ0v) is 12.1. The monoisotopic (exact) mass is 312 g/mol. The summed E-state index contributed by atoms with van der Waals surface area (Å²) >= 11 is 3.32. The highest BCUT2D eigenvalue weighted by Gasteiger charge is 2.31. The SMILES string of the molecule is CC1OCCC1N(C)C(=O)c1ccc(Br)c(N)c1. The molecule has 1 aromatic rings. The maximum atomic E-state index is 12.3. The predicted octanol–water partition coefficient (Wildman–Crippen LogP) is 2.28. The van der Waals surface area contributed by atoms with Gasteiger partial charge >= 0.3 is 0 Å². The van der Waals surface area contributed by atoms with Crippen LogP contribution in [0.25, 0.3) is 0 Å². The first kappa shape index (κ1) is 13.4. The van der Waals surface area contributed by atoms with E-state index in [0.29, 0.717) is 17.9 Å². The lowest BCUT2D eigenvalue weighted by atomic mass is 10.1. The summed E-state index contributed by atoms with van der Waals surface area (Å²) in [5.74, 6) is -0.0171. The van der Waals surface area contributed by atoms with Crippen molar-refractivity contribution in [2.45, 2.75) is 25.5 Å². The van der Waals surface area contributed by atoms with Crippen LogP contribution in [-0.2, 0) is 4.74 Å². The van der Waals surface area contributed by atoms with Gasteiger partial charge in [0.2, 0.25) is 0 Å². The smallest absolute Gasteiger partial charge is 0.254 e. The van der Waals surface area contributed by atoms with Crippen LogP contribution >= 0.6 is 15.9 Å². The number of nitrogens with zero attached hydrogens (tertiary/aromatic N) is 1. The van der Waals surface area contributed by atoms with Gasteiger partial charge in [-0.3, -0.25) is 4.79 Å². The van der Waals surface area contributed by atoms with Crippen LogP contribution in [0.5, 0.6) is 0 Å². The summed E-state index contributed by atoms with van der Waals surface area (Å²) in [4.78, 5) is 14.1. The Balaban J connectivity index is 2.17. The van der Waals surface area contributed by atoms with Gasteiger partial charge in [-0.15, -0.1) is 0 Å². The second kappa shape index (κ2) is 5.28. The van der Waals surface area contributed by atoms with Gasteiger partial charge in [-0.25, -0.2) is 0 Å². The van der Waals surface area contributed by atoms with E-state index in [1.807, 2.05) is 14.0 Å². The van der Waals surface area contributed by atoms with E-state index in [0.717, 1.165) is 10.9 Å². The van der Waals surface area contributed by atoms with Crippen molar-refractivity contribution in [3.8, 4) is 0 Å². The van der Waals surface area contributed by atoms with Crippen molar-refractivity contribution in [1.29, 1.82) is 0 Å². The average Bonchev–Trinajstić information content (AvgIpc) is 2.77. The minimum atomic E-state index is -0.0171. The highest BCUT2D eigenvalue weighted by molar-refractivity contribution is 9.10. The fraction of sp³-hybridized carbons (Fsp3) is 0.462. The Morgan fingerprint density at radius 2 is 2.28 bits per heavy atom. The molecule has 18 heavy (non-hydrogen) atoms. The fourth-order valence-corrected chi connectivity index (χ4v) is 2.51. The van der Waals surface area contributed by atoms with Crippen molar-refractivity contribution < 1.29 is 9.53 Å². The molecule has 5 heteroatoms. The summed E-state index contributed by atoms with van der Waals surface area (Å²) in [6.07, 6.45) is 0.974. The number of hydrogen-bond donors (Lipinski definition) is 1. The summed E-state index contributed by atoms with van der Waals surface area (Å²) < 4.78 is 6.29. The number of halogens is 1. The largest absolute Gasteiger partial charge is 0.398 e. The molecule has 1 fully saturated rings. The molecule has 0 spiro atoms. The Morgan fingerprint density at radius 1 is 1.56 bits per heavy atom. The first-order chi connectivity index (χ1) is 8.50. The van der Waals surface area contributed by atoms with Crippen LogP contribution in [0, 0.1) is 0 Å². The molecule has 4 nitrogen and oxygen atoms in total. The number of rotatable bonds is 2. The molecule has 2 rings (SSSR count). The number of likely N-dealkylation sites (N-methyl/N-ethyl adjacent to an activating group) is 1. The topological polar surface area (TPSA) is 55.6 Å². The standard InChI is InChI=1S/C13H17BrN2O2/c1-8-12(5-6-18-8)16(2)13(17)9-3-4-10(14)11(15)7-9/h3-4,7-8,12H,5-6,15H2,1-2H3. The van der Waals surface area contributed by atoms with Gasteiger partial charge in [0.15, 0.2) is 0 Å². The number of carbonyl (C=O) groups is 1. The van der Waals surface area contributed by atoms with Crippen molar-refractivity contribution >= 4 is 27.5 Å². The zero-order valence-electron chi connectivity index (χ0n) is 10.5. The first-order valence-corrected chi connectivity index (χ1v) is 6.74. The Kier molecular flexibility index (Phi) is 3.92. The number of hydrogen-bond acceptors (Lipinski definition) is 3. The molecule has 0 radical (unpaired) electrons. The van der Waals surface area contributed by atoms with E-state index < -0.39 is 0 Å². The normalized spacial score (nSPS) is 23.1. The van der Waals surface area contributed by atoms with Crippen LogP contribution < -0.4 is 5.73 Å². The minimum Gasteiger partial charge on any atom is -0.398 e. The van der Waals surface area contributed by atoms with Gasteiger partial charge in [-0.1, -0.05) is 0 Å². The molecule has 0 saturated carbocycles. The minimum absolute atomic E-state index is 0.0171. The summed E-state index contributed by atoms with van der Waals surface area (Å²) in [6, 6.07) is 5.41. The quantitative estimate of drug-likeness (QED) is 0.852. The van der Waals surface area contributed by atoms with Crippen molar-refractivity contribution in [2.24, 2.45) is 0 Å². The number of anilines is 1. The van der Waals surface area contributed by atoms with E-state index in [1.165, 1.54) is 0 Å². The molecule has 1 saturated heterocycles. The second-order valence-electron chi connectivity index (χ2n) is 4.58. The van der Waals surface area contributed by atoms with Crippen LogP contribution in [0.1, 0.15) is 23.7 Å². The molecule has 2 N–H and O–H groups in total. The summed E-state index contributed by atoms with van der Waals surface area (Å²) in [5, 5.41) is 0. The second-order valence-corrected chi connectivity index (χ2v) is 5.44. The molecule has 0 bridgehead atoms. The fourth-order valence-electron chi connectivity index (χ4n) is 2.26. The van der Waals surface area contributed by atoms with E-state index in [9.17, 15) is 4.79 Å². The molecule has 1 amide bonds. The third-order valence-corrected chi connectivity index (χ3v) is 4.12. The molecular weight excluding hydrogens is 296 g/mol. The predicted molar refractivity (Wildman–Crippen MR) is 74.5 cm³/mol. The summed E-state index contributed by atoms with van der Waals surface area (Å²) in [7, 11) is 1.82. The molecule has 0 aliphatic carbocycles. The van der Waals surface area contributed by atoms with E-state index in [1.54, 1.807) is 23.1 Å². The van der Waals surface area contributed by atoms with E-state index in [2.05, 4.69) is 15.9 Å². The average molecular weight is 313 g/mol. The number of nitrogens with two attached hydrogens (primary N) is 1. The first-order valence-electron chi connectivity index (χ1n) is 5.94. The Labute approximate surface area is 115 Å². The van der Waals surface area contributed by atoms with E-state index in [4.69, 9.17) is 10.5 Å². The molecule has 1 heterocycles.